The van der Waals surface area contributed by atoms with Crippen molar-refractivity contribution in [2.45, 2.75) is 26.8 Å². The van der Waals surface area contributed by atoms with Gasteiger partial charge in [0.05, 0.1) is 19.8 Å². The number of benzene rings is 2. The fourth-order valence-electron chi connectivity index (χ4n) is 3.15. The average Bonchev–Trinajstić information content (AvgIpc) is 3.23. The van der Waals surface area contributed by atoms with E-state index in [0.717, 1.165) is 22.6 Å². The molecule has 2 aromatic carbocycles. The molecule has 0 bridgehead atoms. The van der Waals surface area contributed by atoms with Gasteiger partial charge in [-0.25, -0.2) is 4.98 Å². The van der Waals surface area contributed by atoms with Crippen LogP contribution in [-0.4, -0.2) is 36.6 Å². The first-order valence-electron chi connectivity index (χ1n) is 9.59. The second-order valence-electron chi connectivity index (χ2n) is 6.79. The molecule has 29 heavy (non-hydrogen) atoms. The second-order valence-corrected chi connectivity index (χ2v) is 7.65. The Labute approximate surface area is 175 Å². The molecular formula is C23H26N2O3S. The normalized spacial score (nSPS) is 10.6. The Morgan fingerprint density at radius 3 is 2.52 bits per heavy atom. The zero-order chi connectivity index (χ0) is 20.8. The Hall–Kier alpha value is -2.86. The van der Waals surface area contributed by atoms with Crippen molar-refractivity contribution < 1.29 is 14.3 Å². The van der Waals surface area contributed by atoms with E-state index in [2.05, 4.69) is 43.1 Å². The number of carbonyl (C=O) groups is 1. The highest BCUT2D eigenvalue weighted by Crippen LogP contribution is 2.39. The number of hydrogen-bond donors (Lipinski definition) is 0. The Morgan fingerprint density at radius 1 is 1.10 bits per heavy atom. The minimum atomic E-state index is -0.0585. The van der Waals surface area contributed by atoms with E-state index in [1.54, 1.807) is 14.2 Å². The number of ether oxygens (including phenoxy) is 2. The van der Waals surface area contributed by atoms with Gasteiger partial charge in [0.1, 0.15) is 10.7 Å². The zero-order valence-corrected chi connectivity index (χ0v) is 18.1. The highest BCUT2D eigenvalue weighted by atomic mass is 32.1. The lowest BCUT2D eigenvalue weighted by atomic mass is 10.1. The summed E-state index contributed by atoms with van der Waals surface area (Å²) < 4.78 is 10.9. The van der Waals surface area contributed by atoms with E-state index in [9.17, 15) is 4.79 Å². The molecule has 0 aliphatic rings. The van der Waals surface area contributed by atoms with Crippen molar-refractivity contribution in [2.24, 2.45) is 0 Å². The minimum absolute atomic E-state index is 0.0585. The number of nitrogens with zero attached hydrogens (tertiary/aromatic N) is 2. The summed E-state index contributed by atoms with van der Waals surface area (Å²) in [5.41, 5.74) is 3.59. The molecule has 0 saturated heterocycles. The van der Waals surface area contributed by atoms with E-state index in [0.29, 0.717) is 30.3 Å². The van der Waals surface area contributed by atoms with Gasteiger partial charge >= 0.3 is 0 Å². The van der Waals surface area contributed by atoms with Crippen LogP contribution in [0, 0.1) is 6.92 Å². The Balaban J connectivity index is 1.86. The molecule has 5 nitrogen and oxygen atoms in total. The molecule has 0 aliphatic carbocycles. The van der Waals surface area contributed by atoms with Gasteiger partial charge < -0.3 is 14.4 Å². The van der Waals surface area contributed by atoms with Crippen LogP contribution in [-0.2, 0) is 6.54 Å². The zero-order valence-electron chi connectivity index (χ0n) is 17.3. The number of aromatic nitrogens is 1. The van der Waals surface area contributed by atoms with Gasteiger partial charge in [0.15, 0.2) is 11.5 Å². The van der Waals surface area contributed by atoms with Crippen molar-refractivity contribution in [1.29, 1.82) is 0 Å². The van der Waals surface area contributed by atoms with Crippen LogP contribution in [0.25, 0.3) is 10.6 Å². The van der Waals surface area contributed by atoms with Crippen LogP contribution in [0.15, 0.2) is 47.8 Å². The Kier molecular flexibility index (Phi) is 6.88. The molecule has 0 radical (unpaired) electrons. The average molecular weight is 411 g/mol. The quantitative estimate of drug-likeness (QED) is 0.513. The first-order chi connectivity index (χ1) is 14.1. The maximum Gasteiger partial charge on any atom is 0.273 e. The topological polar surface area (TPSA) is 51.7 Å². The minimum Gasteiger partial charge on any atom is -0.493 e. The molecule has 0 N–H and O–H groups in total. The van der Waals surface area contributed by atoms with Gasteiger partial charge in [-0.05, 0) is 31.0 Å². The van der Waals surface area contributed by atoms with Gasteiger partial charge in [-0.3, -0.25) is 4.79 Å². The van der Waals surface area contributed by atoms with Crippen LogP contribution >= 0.6 is 11.3 Å². The van der Waals surface area contributed by atoms with Crippen LogP contribution in [0.2, 0.25) is 0 Å². The Morgan fingerprint density at radius 2 is 1.86 bits per heavy atom. The van der Waals surface area contributed by atoms with Crippen LogP contribution < -0.4 is 9.47 Å². The van der Waals surface area contributed by atoms with Gasteiger partial charge in [0.25, 0.3) is 5.91 Å². The van der Waals surface area contributed by atoms with Gasteiger partial charge in [0.2, 0.25) is 0 Å². The highest BCUT2D eigenvalue weighted by Gasteiger charge is 2.21. The van der Waals surface area contributed by atoms with Crippen LogP contribution in [0.5, 0.6) is 11.5 Å². The lowest BCUT2D eigenvalue weighted by molar-refractivity contribution is 0.0738. The Bertz CT molecular complexity index is 967. The molecule has 0 unspecified atom stereocenters. The summed E-state index contributed by atoms with van der Waals surface area (Å²) in [7, 11) is 3.21. The van der Waals surface area contributed by atoms with Crippen molar-refractivity contribution >= 4 is 17.2 Å². The number of hydrogen-bond acceptors (Lipinski definition) is 5. The van der Waals surface area contributed by atoms with Crippen molar-refractivity contribution in [3.05, 3.63) is 64.7 Å². The molecule has 1 amide bonds. The third kappa shape index (κ3) is 4.77. The number of carbonyl (C=O) groups excluding carboxylic acids is 1. The largest absolute Gasteiger partial charge is 0.493 e. The summed E-state index contributed by atoms with van der Waals surface area (Å²) in [5.74, 6) is 1.20. The monoisotopic (exact) mass is 410 g/mol. The molecule has 1 heterocycles. The molecule has 0 saturated carbocycles. The lowest BCUT2D eigenvalue weighted by Gasteiger charge is -2.21. The third-order valence-electron chi connectivity index (χ3n) is 4.63. The van der Waals surface area contributed by atoms with Crippen molar-refractivity contribution in [2.75, 3.05) is 20.8 Å². The van der Waals surface area contributed by atoms with E-state index in [1.165, 1.54) is 16.9 Å². The predicted molar refractivity (Wildman–Crippen MR) is 117 cm³/mol. The number of thiazole rings is 1. The maximum atomic E-state index is 13.1. The molecular weight excluding hydrogens is 384 g/mol. The summed E-state index contributed by atoms with van der Waals surface area (Å²) in [6.45, 7) is 5.38. The maximum absolute atomic E-state index is 13.1. The molecule has 6 heteroatoms. The molecule has 0 fully saturated rings. The lowest BCUT2D eigenvalue weighted by Crippen LogP contribution is -2.31. The predicted octanol–water partition coefficient (Wildman–Crippen LogP) is 5.19. The second kappa shape index (κ2) is 9.56. The van der Waals surface area contributed by atoms with Gasteiger partial charge in [-0.15, -0.1) is 11.3 Å². The van der Waals surface area contributed by atoms with Gasteiger partial charge in [-0.2, -0.15) is 0 Å². The molecule has 3 aromatic rings. The summed E-state index contributed by atoms with van der Waals surface area (Å²) in [4.78, 5) is 19.6. The molecule has 0 atom stereocenters. The van der Waals surface area contributed by atoms with Gasteiger partial charge in [0, 0.05) is 18.5 Å². The molecule has 1 aromatic heterocycles. The van der Waals surface area contributed by atoms with Crippen molar-refractivity contribution in [3.8, 4) is 22.1 Å². The van der Waals surface area contributed by atoms with Gasteiger partial charge in [-0.1, -0.05) is 42.8 Å². The number of aryl methyl sites for hydroxylation is 1. The van der Waals surface area contributed by atoms with Crippen LogP contribution in [0.4, 0.5) is 0 Å². The number of amides is 1. The number of rotatable bonds is 8. The molecule has 3 rings (SSSR count). The molecule has 0 spiro atoms. The molecule has 0 aliphatic heterocycles. The summed E-state index contributed by atoms with van der Waals surface area (Å²) >= 11 is 1.43. The van der Waals surface area contributed by atoms with Crippen molar-refractivity contribution in [1.82, 2.24) is 9.88 Å². The summed E-state index contributed by atoms with van der Waals surface area (Å²) in [6, 6.07) is 13.9. The summed E-state index contributed by atoms with van der Waals surface area (Å²) in [5, 5.41) is 2.55. The summed E-state index contributed by atoms with van der Waals surface area (Å²) in [6.07, 6.45) is 0.887. The standard InChI is InChI=1S/C23H26N2O3S/c1-5-13-25(14-17-11-9-16(2)10-12-17)23(26)19-15-29-22(24-19)18-7-6-8-20(27-3)21(18)28-4/h6-12,15H,5,13-14H2,1-4H3. The van der Waals surface area contributed by atoms with E-state index < -0.39 is 0 Å². The van der Waals surface area contributed by atoms with Crippen molar-refractivity contribution in [3.63, 3.8) is 0 Å². The fraction of sp³-hybridized carbons (Fsp3) is 0.304. The van der Waals surface area contributed by atoms with E-state index in [4.69, 9.17) is 9.47 Å². The molecule has 152 valence electrons. The van der Waals surface area contributed by atoms with E-state index in [-0.39, 0.29) is 5.91 Å². The van der Waals surface area contributed by atoms with E-state index >= 15 is 0 Å². The number of methoxy groups -OCH3 is 2. The third-order valence-corrected chi connectivity index (χ3v) is 5.51. The first kappa shape index (κ1) is 20.9. The van der Waals surface area contributed by atoms with Crippen LogP contribution in [0.3, 0.4) is 0 Å². The number of para-hydroxylation sites is 1. The first-order valence-corrected chi connectivity index (χ1v) is 10.5. The van der Waals surface area contributed by atoms with E-state index in [1.807, 2.05) is 28.5 Å². The fourth-order valence-corrected chi connectivity index (χ4v) is 3.96. The SMILES string of the molecule is CCCN(Cc1ccc(C)cc1)C(=O)c1csc(-c2cccc(OC)c2OC)n1. The highest BCUT2D eigenvalue weighted by molar-refractivity contribution is 7.13. The van der Waals surface area contributed by atoms with Crippen LogP contribution in [0.1, 0.15) is 35.0 Å². The smallest absolute Gasteiger partial charge is 0.273 e.